The highest BCUT2D eigenvalue weighted by Gasteiger charge is 2.18. The van der Waals surface area contributed by atoms with Crippen LogP contribution in [0.5, 0.6) is 0 Å². The normalized spacial score (nSPS) is 12.7. The number of rotatable bonds is 5. The van der Waals surface area contributed by atoms with Crippen molar-refractivity contribution in [3.05, 3.63) is 52.1 Å². The first kappa shape index (κ1) is 15.0. The number of aryl methyl sites for hydroxylation is 2. The summed E-state index contributed by atoms with van der Waals surface area (Å²) in [5.74, 6) is -0.354. The molecule has 1 aromatic carbocycles. The van der Waals surface area contributed by atoms with Gasteiger partial charge >= 0.3 is 0 Å². The molecule has 1 N–H and O–H groups in total. The molecule has 5 heteroatoms. The molecule has 0 aliphatic heterocycles. The van der Waals surface area contributed by atoms with Gasteiger partial charge in [-0.15, -0.1) is 0 Å². The SMILES string of the molecule is CCn1nc(C)cc1CC(NC)c1cccc(Cl)c1F. The molecule has 3 nitrogen and oxygen atoms in total. The Morgan fingerprint density at radius 2 is 2.20 bits per heavy atom. The third-order valence-electron chi connectivity index (χ3n) is 3.40. The molecule has 0 aliphatic rings. The molecule has 0 spiro atoms. The topological polar surface area (TPSA) is 29.9 Å². The first-order chi connectivity index (χ1) is 9.56. The number of halogens is 2. The maximum Gasteiger partial charge on any atom is 0.146 e. The van der Waals surface area contributed by atoms with Crippen LogP contribution in [0, 0.1) is 12.7 Å². The van der Waals surface area contributed by atoms with Crippen LogP contribution in [0.2, 0.25) is 5.02 Å². The van der Waals surface area contributed by atoms with Crippen molar-refractivity contribution in [2.45, 2.75) is 32.9 Å². The monoisotopic (exact) mass is 295 g/mol. The van der Waals surface area contributed by atoms with E-state index in [0.29, 0.717) is 12.0 Å². The van der Waals surface area contributed by atoms with Crippen LogP contribution in [0.3, 0.4) is 0 Å². The van der Waals surface area contributed by atoms with Gasteiger partial charge in [0, 0.05) is 30.3 Å². The fraction of sp³-hybridized carbons (Fsp3) is 0.400. The van der Waals surface area contributed by atoms with Crippen LogP contribution in [0.25, 0.3) is 0 Å². The number of likely N-dealkylation sites (N-methyl/N-ethyl adjacent to an activating group) is 1. The number of nitrogens with zero attached hydrogens (tertiary/aromatic N) is 2. The van der Waals surface area contributed by atoms with Crippen molar-refractivity contribution in [2.24, 2.45) is 0 Å². The summed E-state index contributed by atoms with van der Waals surface area (Å²) in [6.45, 7) is 4.81. The molecule has 1 heterocycles. The number of benzene rings is 1. The first-order valence-corrected chi connectivity index (χ1v) is 7.09. The molecule has 1 atom stereocenters. The van der Waals surface area contributed by atoms with Crippen LogP contribution in [0.15, 0.2) is 24.3 Å². The Bertz CT molecular complexity index is 595. The average Bonchev–Trinajstić information content (AvgIpc) is 2.79. The van der Waals surface area contributed by atoms with E-state index in [1.807, 2.05) is 31.6 Å². The van der Waals surface area contributed by atoms with Gasteiger partial charge in [0.25, 0.3) is 0 Å². The molecule has 0 aliphatic carbocycles. The van der Waals surface area contributed by atoms with Gasteiger partial charge in [-0.05, 0) is 33.0 Å². The van der Waals surface area contributed by atoms with E-state index in [2.05, 4.69) is 10.4 Å². The van der Waals surface area contributed by atoms with E-state index in [9.17, 15) is 4.39 Å². The summed E-state index contributed by atoms with van der Waals surface area (Å²) in [6, 6.07) is 7.01. The third kappa shape index (κ3) is 3.02. The highest BCUT2D eigenvalue weighted by molar-refractivity contribution is 6.30. The second-order valence-electron chi connectivity index (χ2n) is 4.78. The molecule has 2 aromatic rings. The summed E-state index contributed by atoms with van der Waals surface area (Å²) in [5, 5.41) is 7.73. The molecule has 20 heavy (non-hydrogen) atoms. The largest absolute Gasteiger partial charge is 0.313 e. The van der Waals surface area contributed by atoms with Crippen molar-refractivity contribution < 1.29 is 4.39 Å². The minimum atomic E-state index is -0.354. The van der Waals surface area contributed by atoms with Crippen molar-refractivity contribution in [1.29, 1.82) is 0 Å². The Labute approximate surface area is 123 Å². The third-order valence-corrected chi connectivity index (χ3v) is 3.70. The molecule has 1 unspecified atom stereocenters. The quantitative estimate of drug-likeness (QED) is 0.915. The van der Waals surface area contributed by atoms with Crippen molar-refractivity contribution in [3.63, 3.8) is 0 Å². The van der Waals surface area contributed by atoms with Crippen molar-refractivity contribution >= 4 is 11.6 Å². The summed E-state index contributed by atoms with van der Waals surface area (Å²) in [6.07, 6.45) is 0.669. The first-order valence-electron chi connectivity index (χ1n) is 6.71. The maximum absolute atomic E-state index is 14.1. The fourth-order valence-corrected chi connectivity index (χ4v) is 2.59. The molecule has 0 saturated carbocycles. The van der Waals surface area contributed by atoms with Gasteiger partial charge < -0.3 is 5.32 Å². The van der Waals surface area contributed by atoms with Crippen LogP contribution in [-0.2, 0) is 13.0 Å². The van der Waals surface area contributed by atoms with Gasteiger partial charge in [-0.25, -0.2) is 4.39 Å². The number of hydrogen-bond donors (Lipinski definition) is 1. The van der Waals surface area contributed by atoms with Gasteiger partial charge in [-0.3, -0.25) is 4.68 Å². The Morgan fingerprint density at radius 3 is 2.85 bits per heavy atom. The molecular formula is C15H19ClFN3. The van der Waals surface area contributed by atoms with Crippen LogP contribution < -0.4 is 5.32 Å². The molecule has 0 saturated heterocycles. The molecule has 2 rings (SSSR count). The Hall–Kier alpha value is -1.39. The molecule has 0 fully saturated rings. The van der Waals surface area contributed by atoms with E-state index in [1.165, 1.54) is 0 Å². The molecular weight excluding hydrogens is 277 g/mol. The average molecular weight is 296 g/mol. The summed E-state index contributed by atoms with van der Waals surface area (Å²) in [5.41, 5.74) is 2.65. The summed E-state index contributed by atoms with van der Waals surface area (Å²) in [7, 11) is 1.82. The van der Waals surface area contributed by atoms with Crippen molar-refractivity contribution in [3.8, 4) is 0 Å². The smallest absolute Gasteiger partial charge is 0.146 e. The minimum Gasteiger partial charge on any atom is -0.313 e. The maximum atomic E-state index is 14.1. The predicted octanol–water partition coefficient (Wildman–Crippen LogP) is 3.51. The standard InChI is InChI=1S/C15H19ClFN3/c1-4-20-11(8-10(2)19-20)9-14(18-3)12-6-5-7-13(16)15(12)17/h5-8,14,18H,4,9H2,1-3H3. The highest BCUT2D eigenvalue weighted by Crippen LogP contribution is 2.26. The molecule has 0 amide bonds. The van der Waals surface area contributed by atoms with E-state index in [-0.39, 0.29) is 16.9 Å². The summed E-state index contributed by atoms with van der Waals surface area (Å²) < 4.78 is 16.1. The van der Waals surface area contributed by atoms with E-state index in [1.54, 1.807) is 18.2 Å². The number of hydrogen-bond acceptors (Lipinski definition) is 2. The second kappa shape index (κ2) is 6.37. The lowest BCUT2D eigenvalue weighted by Crippen LogP contribution is -2.21. The van der Waals surface area contributed by atoms with Crippen LogP contribution in [-0.4, -0.2) is 16.8 Å². The molecule has 108 valence electrons. The lowest BCUT2D eigenvalue weighted by Gasteiger charge is -2.18. The van der Waals surface area contributed by atoms with Gasteiger partial charge in [0.15, 0.2) is 0 Å². The van der Waals surface area contributed by atoms with Crippen LogP contribution in [0.1, 0.15) is 29.9 Å². The van der Waals surface area contributed by atoms with Gasteiger partial charge in [0.05, 0.1) is 10.7 Å². The Kier molecular flexibility index (Phi) is 4.78. The Morgan fingerprint density at radius 1 is 1.45 bits per heavy atom. The molecule has 1 aromatic heterocycles. The van der Waals surface area contributed by atoms with Gasteiger partial charge in [-0.2, -0.15) is 5.10 Å². The lowest BCUT2D eigenvalue weighted by atomic mass is 10.0. The van der Waals surface area contributed by atoms with Crippen LogP contribution in [0.4, 0.5) is 4.39 Å². The summed E-state index contributed by atoms with van der Waals surface area (Å²) >= 11 is 5.86. The number of aromatic nitrogens is 2. The van der Waals surface area contributed by atoms with Gasteiger partial charge in [0.1, 0.15) is 5.82 Å². The zero-order valence-electron chi connectivity index (χ0n) is 12.0. The molecule has 0 bridgehead atoms. The van der Waals surface area contributed by atoms with Crippen molar-refractivity contribution in [2.75, 3.05) is 7.05 Å². The van der Waals surface area contributed by atoms with Gasteiger partial charge in [-0.1, -0.05) is 23.7 Å². The Balaban J connectivity index is 2.31. The van der Waals surface area contributed by atoms with Crippen molar-refractivity contribution in [1.82, 2.24) is 15.1 Å². The summed E-state index contributed by atoms with van der Waals surface area (Å²) in [4.78, 5) is 0. The highest BCUT2D eigenvalue weighted by atomic mass is 35.5. The zero-order valence-corrected chi connectivity index (χ0v) is 12.7. The zero-order chi connectivity index (χ0) is 14.7. The number of nitrogens with one attached hydrogen (secondary N) is 1. The van der Waals surface area contributed by atoms with E-state index in [0.717, 1.165) is 17.9 Å². The van der Waals surface area contributed by atoms with Crippen LogP contribution >= 0.6 is 11.6 Å². The lowest BCUT2D eigenvalue weighted by molar-refractivity contribution is 0.510. The molecule has 0 radical (unpaired) electrons. The predicted molar refractivity (Wildman–Crippen MR) is 79.6 cm³/mol. The fourth-order valence-electron chi connectivity index (χ4n) is 2.40. The van der Waals surface area contributed by atoms with E-state index >= 15 is 0 Å². The minimum absolute atomic E-state index is 0.130. The van der Waals surface area contributed by atoms with Gasteiger partial charge in [0.2, 0.25) is 0 Å². The second-order valence-corrected chi connectivity index (χ2v) is 5.19. The van der Waals surface area contributed by atoms with E-state index < -0.39 is 0 Å². The van der Waals surface area contributed by atoms with E-state index in [4.69, 9.17) is 11.6 Å².